The number of fused-ring (bicyclic) bond motifs is 8. The molecule has 3 aromatic rings. The lowest BCUT2D eigenvalue weighted by atomic mass is 9.79. The quantitative estimate of drug-likeness (QED) is 0.313. The standard InChI is InChI=1S/C43H38N4O/c1-2-10-29(11-3-1)45-36-15-7-4-12-31(36)33-24-27(18-21-37(33)45)28-19-22-39-40(25-28)47-38-16-8-6-14-35(38)44-43(47)46(39)30-20-23-42-34(26-30)32-13-5-9-17-41(32)48-42/h1-3,7-11,15-24,26,28,33,37,43-44H,4-6,12-14,25H2. The monoisotopic (exact) mass is 626 g/mol. The lowest BCUT2D eigenvalue weighted by Gasteiger charge is -2.33. The van der Waals surface area contributed by atoms with Gasteiger partial charge in [0.1, 0.15) is 11.3 Å². The maximum atomic E-state index is 6.26. The number of rotatable bonds is 3. The summed E-state index contributed by atoms with van der Waals surface area (Å²) in [4.78, 5) is 7.70. The fraction of sp³-hybridized carbons (Fsp3) is 0.256. The Hall–Kier alpha value is -5.16. The number of hydrogen-bond acceptors (Lipinski definition) is 5. The van der Waals surface area contributed by atoms with E-state index >= 15 is 0 Å². The van der Waals surface area contributed by atoms with Crippen LogP contribution in [0.2, 0.25) is 0 Å². The van der Waals surface area contributed by atoms with Crippen molar-refractivity contribution in [2.24, 2.45) is 11.8 Å². The third-order valence-corrected chi connectivity index (χ3v) is 11.7. The highest BCUT2D eigenvalue weighted by Gasteiger charge is 2.47. The largest absolute Gasteiger partial charge is 0.456 e. The van der Waals surface area contributed by atoms with Crippen LogP contribution in [0.5, 0.6) is 0 Å². The molecule has 48 heavy (non-hydrogen) atoms. The number of allylic oxidation sites excluding steroid dienone is 11. The first-order valence-corrected chi connectivity index (χ1v) is 17.8. The molecular weight excluding hydrogens is 589 g/mol. The zero-order valence-corrected chi connectivity index (χ0v) is 27.0. The molecule has 11 rings (SSSR count). The van der Waals surface area contributed by atoms with Crippen LogP contribution in [0.15, 0.2) is 153 Å². The van der Waals surface area contributed by atoms with Crippen LogP contribution in [0.3, 0.4) is 0 Å². The van der Waals surface area contributed by atoms with Crippen LogP contribution in [0.25, 0.3) is 17.0 Å². The highest BCUT2D eigenvalue weighted by atomic mass is 16.3. The molecule has 3 aliphatic heterocycles. The van der Waals surface area contributed by atoms with Crippen molar-refractivity contribution in [1.82, 2.24) is 10.2 Å². The predicted octanol–water partition coefficient (Wildman–Crippen LogP) is 9.36. The zero-order valence-electron chi connectivity index (χ0n) is 27.0. The van der Waals surface area contributed by atoms with Crippen molar-refractivity contribution in [3.05, 3.63) is 160 Å². The smallest absolute Gasteiger partial charge is 0.187 e. The molecule has 8 aliphatic rings. The molecule has 0 bridgehead atoms. The van der Waals surface area contributed by atoms with E-state index in [1.54, 1.807) is 5.57 Å². The topological polar surface area (TPSA) is 34.9 Å². The molecule has 2 aromatic carbocycles. The first-order chi connectivity index (χ1) is 23.8. The van der Waals surface area contributed by atoms with Gasteiger partial charge in [-0.1, -0.05) is 60.7 Å². The summed E-state index contributed by atoms with van der Waals surface area (Å²) >= 11 is 0. The number of furan rings is 1. The normalized spacial score (nSPS) is 27.8. The Morgan fingerprint density at radius 2 is 1.56 bits per heavy atom. The molecule has 4 atom stereocenters. The Bertz CT molecular complexity index is 2180. The maximum absolute atomic E-state index is 6.26. The molecule has 0 spiro atoms. The molecule has 4 unspecified atom stereocenters. The Morgan fingerprint density at radius 1 is 0.708 bits per heavy atom. The van der Waals surface area contributed by atoms with E-state index in [0.29, 0.717) is 17.9 Å². The second-order valence-electron chi connectivity index (χ2n) is 14.2. The van der Waals surface area contributed by atoms with Crippen LogP contribution in [-0.4, -0.2) is 17.2 Å². The lowest BCUT2D eigenvalue weighted by Crippen LogP contribution is -2.44. The Morgan fingerprint density at radius 3 is 2.50 bits per heavy atom. The summed E-state index contributed by atoms with van der Waals surface area (Å²) in [7, 11) is 0. The van der Waals surface area contributed by atoms with Gasteiger partial charge in [-0.15, -0.1) is 0 Å². The molecule has 0 radical (unpaired) electrons. The van der Waals surface area contributed by atoms with Crippen molar-refractivity contribution in [1.29, 1.82) is 0 Å². The average molecular weight is 627 g/mol. The van der Waals surface area contributed by atoms with Crippen LogP contribution in [0.1, 0.15) is 49.8 Å². The number of nitrogens with one attached hydrogen (secondary N) is 1. The minimum atomic E-state index is 0.0440. The predicted molar refractivity (Wildman–Crippen MR) is 193 cm³/mol. The summed E-state index contributed by atoms with van der Waals surface area (Å²) in [6.45, 7) is 0. The first kappa shape index (κ1) is 26.9. The van der Waals surface area contributed by atoms with Crippen molar-refractivity contribution in [3.8, 4) is 0 Å². The minimum Gasteiger partial charge on any atom is -0.456 e. The summed E-state index contributed by atoms with van der Waals surface area (Å²) in [5.74, 6) is 1.77. The second kappa shape index (κ2) is 10.2. The van der Waals surface area contributed by atoms with Crippen LogP contribution in [0, 0.1) is 11.8 Å². The van der Waals surface area contributed by atoms with Gasteiger partial charge in [0.05, 0.1) is 17.4 Å². The SMILES string of the molecule is C1=CC2=C(CC1)NC1N2C2=C(C=CC(C3=CC4C5=C(C=CCC5)N(c5ccccc5)C4C=C3)C2)N1c1ccc2oc3c(c2c1)CCC=C3. The number of benzene rings is 2. The molecule has 236 valence electrons. The summed E-state index contributed by atoms with van der Waals surface area (Å²) in [6, 6.07) is 18.1. The van der Waals surface area contributed by atoms with Crippen molar-refractivity contribution in [2.45, 2.75) is 57.3 Å². The van der Waals surface area contributed by atoms with Gasteiger partial charge in [0, 0.05) is 57.7 Å². The van der Waals surface area contributed by atoms with Gasteiger partial charge >= 0.3 is 0 Å². The van der Waals surface area contributed by atoms with Gasteiger partial charge in [-0.2, -0.15) is 0 Å². The van der Waals surface area contributed by atoms with E-state index < -0.39 is 0 Å². The molecule has 0 saturated carbocycles. The number of aryl methyl sites for hydroxylation is 1. The van der Waals surface area contributed by atoms with Crippen molar-refractivity contribution in [2.75, 3.05) is 9.80 Å². The van der Waals surface area contributed by atoms with Gasteiger partial charge in [-0.05, 0) is 104 Å². The van der Waals surface area contributed by atoms with Crippen LogP contribution < -0.4 is 15.1 Å². The van der Waals surface area contributed by atoms with E-state index in [0.717, 1.165) is 56.3 Å². The van der Waals surface area contributed by atoms with Gasteiger partial charge in [0.15, 0.2) is 6.29 Å². The van der Waals surface area contributed by atoms with E-state index in [9.17, 15) is 0 Å². The fourth-order valence-corrected chi connectivity index (χ4v) is 9.52. The number of para-hydroxylation sites is 1. The number of hydrogen-bond donors (Lipinski definition) is 1. The Labute approximate surface area is 281 Å². The molecule has 5 aliphatic carbocycles. The van der Waals surface area contributed by atoms with Gasteiger partial charge < -0.3 is 24.4 Å². The second-order valence-corrected chi connectivity index (χ2v) is 14.2. The molecule has 5 nitrogen and oxygen atoms in total. The van der Waals surface area contributed by atoms with Gasteiger partial charge in [-0.3, -0.25) is 0 Å². The lowest BCUT2D eigenvalue weighted by molar-refractivity contribution is 0.345. The molecule has 0 fully saturated rings. The molecule has 1 aromatic heterocycles. The van der Waals surface area contributed by atoms with Crippen LogP contribution >= 0.6 is 0 Å². The summed E-state index contributed by atoms with van der Waals surface area (Å²) < 4.78 is 6.26. The van der Waals surface area contributed by atoms with Gasteiger partial charge in [0.25, 0.3) is 0 Å². The molecular formula is C43H38N4O. The van der Waals surface area contributed by atoms with Gasteiger partial charge in [0.2, 0.25) is 0 Å². The molecule has 5 heteroatoms. The van der Waals surface area contributed by atoms with E-state index in [1.165, 1.54) is 56.4 Å². The maximum Gasteiger partial charge on any atom is 0.187 e. The third-order valence-electron chi connectivity index (χ3n) is 11.7. The van der Waals surface area contributed by atoms with Crippen LogP contribution in [-0.2, 0) is 6.42 Å². The molecule has 0 saturated heterocycles. The van der Waals surface area contributed by atoms with Crippen molar-refractivity contribution < 1.29 is 4.42 Å². The summed E-state index contributed by atoms with van der Waals surface area (Å²) in [5, 5.41) is 5.21. The minimum absolute atomic E-state index is 0.0440. The van der Waals surface area contributed by atoms with Crippen molar-refractivity contribution >= 4 is 28.4 Å². The van der Waals surface area contributed by atoms with Crippen molar-refractivity contribution in [3.63, 3.8) is 0 Å². The Kier molecular flexibility index (Phi) is 5.69. The van der Waals surface area contributed by atoms with E-state index in [1.807, 2.05) is 0 Å². The number of anilines is 2. The fourth-order valence-electron chi connectivity index (χ4n) is 9.52. The average Bonchev–Trinajstić information content (AvgIpc) is 3.88. The van der Waals surface area contributed by atoms with Crippen LogP contribution in [0.4, 0.5) is 11.4 Å². The summed E-state index contributed by atoms with van der Waals surface area (Å²) in [5.41, 5.74) is 14.7. The molecule has 1 N–H and O–H groups in total. The van der Waals surface area contributed by atoms with E-state index in [4.69, 9.17) is 4.42 Å². The molecule has 0 amide bonds. The molecule has 4 heterocycles. The third kappa shape index (κ3) is 3.79. The first-order valence-electron chi connectivity index (χ1n) is 17.8. The number of nitrogens with zero attached hydrogens (tertiary/aromatic N) is 3. The van der Waals surface area contributed by atoms with E-state index in [2.05, 4.69) is 135 Å². The Balaban J connectivity index is 0.963. The zero-order chi connectivity index (χ0) is 31.3. The van der Waals surface area contributed by atoms with E-state index in [-0.39, 0.29) is 6.29 Å². The summed E-state index contributed by atoms with van der Waals surface area (Å²) in [6.07, 6.45) is 33.8. The van der Waals surface area contributed by atoms with Gasteiger partial charge in [-0.25, -0.2) is 0 Å². The highest BCUT2D eigenvalue weighted by molar-refractivity contribution is 5.89. The highest BCUT2D eigenvalue weighted by Crippen LogP contribution is 2.50.